The van der Waals surface area contributed by atoms with Crippen LogP contribution in [0.3, 0.4) is 0 Å². The number of carbonyl (C=O) groups is 1. The quantitative estimate of drug-likeness (QED) is 0.541. The number of ether oxygens (including phenoxy) is 1. The molecule has 3 aromatic rings. The third kappa shape index (κ3) is 5.40. The van der Waals surface area contributed by atoms with Crippen molar-refractivity contribution in [2.45, 2.75) is 39.2 Å². The van der Waals surface area contributed by atoms with Gasteiger partial charge in [0.25, 0.3) is 5.56 Å². The zero-order chi connectivity index (χ0) is 23.6. The molecule has 32 heavy (non-hydrogen) atoms. The summed E-state index contributed by atoms with van der Waals surface area (Å²) in [5.74, 6) is -2.57. The molecule has 0 saturated heterocycles. The molecule has 10 heteroatoms. The van der Waals surface area contributed by atoms with Crippen LogP contribution >= 0.6 is 11.6 Å². The SMILES string of the molecule is CC(C)(C)OC(=O)NCCCc1nc2c(Cl)ccc(F)c2c(=O)n1-c1cc(F)cc(F)c1. The first-order valence-corrected chi connectivity index (χ1v) is 10.2. The molecule has 1 amide bonds. The predicted molar refractivity (Wildman–Crippen MR) is 115 cm³/mol. The number of carbonyl (C=O) groups excluding carboxylic acids is 1. The minimum atomic E-state index is -0.906. The third-order valence-corrected chi connectivity index (χ3v) is 4.65. The molecular formula is C22H21ClF3N3O3. The van der Waals surface area contributed by atoms with Gasteiger partial charge in [0.2, 0.25) is 0 Å². The van der Waals surface area contributed by atoms with Crippen molar-refractivity contribution < 1.29 is 22.7 Å². The van der Waals surface area contributed by atoms with Crippen molar-refractivity contribution in [3.8, 4) is 5.69 Å². The minimum Gasteiger partial charge on any atom is -0.444 e. The molecular weight excluding hydrogens is 447 g/mol. The van der Waals surface area contributed by atoms with Gasteiger partial charge in [0, 0.05) is 19.0 Å². The zero-order valence-corrected chi connectivity index (χ0v) is 18.4. The van der Waals surface area contributed by atoms with Crippen molar-refractivity contribution in [2.75, 3.05) is 6.54 Å². The fourth-order valence-corrected chi connectivity index (χ4v) is 3.32. The zero-order valence-electron chi connectivity index (χ0n) is 17.6. The summed E-state index contributed by atoms with van der Waals surface area (Å²) in [6.45, 7) is 5.36. The first kappa shape index (κ1) is 23.6. The second-order valence-electron chi connectivity index (χ2n) is 8.08. The number of amides is 1. The minimum absolute atomic E-state index is 0.0557. The number of rotatable bonds is 5. The molecule has 0 saturated carbocycles. The van der Waals surface area contributed by atoms with Gasteiger partial charge >= 0.3 is 6.09 Å². The lowest BCUT2D eigenvalue weighted by molar-refractivity contribution is 0.0527. The average Bonchev–Trinajstić information content (AvgIpc) is 2.65. The monoisotopic (exact) mass is 467 g/mol. The Bertz CT molecular complexity index is 1220. The molecule has 0 aliphatic rings. The molecule has 1 heterocycles. The predicted octanol–water partition coefficient (Wildman–Crippen LogP) is 4.91. The summed E-state index contributed by atoms with van der Waals surface area (Å²) in [7, 11) is 0. The van der Waals surface area contributed by atoms with E-state index in [2.05, 4.69) is 10.3 Å². The first-order chi connectivity index (χ1) is 15.0. The summed E-state index contributed by atoms with van der Waals surface area (Å²) in [5.41, 5.74) is -1.71. The normalized spacial score (nSPS) is 11.6. The molecule has 1 N–H and O–H groups in total. The lowest BCUT2D eigenvalue weighted by Crippen LogP contribution is -2.33. The van der Waals surface area contributed by atoms with E-state index >= 15 is 0 Å². The van der Waals surface area contributed by atoms with Gasteiger partial charge in [0.1, 0.15) is 34.3 Å². The van der Waals surface area contributed by atoms with E-state index in [9.17, 15) is 22.8 Å². The van der Waals surface area contributed by atoms with Gasteiger partial charge < -0.3 is 10.1 Å². The summed E-state index contributed by atoms with van der Waals surface area (Å²) < 4.78 is 48.2. The molecule has 0 aliphatic carbocycles. The van der Waals surface area contributed by atoms with E-state index in [0.29, 0.717) is 12.5 Å². The standard InChI is InChI=1S/C22H21ClF3N3O3/c1-22(2,3)32-21(31)27-8-4-5-17-28-19-15(23)6-7-16(26)18(19)20(30)29(17)14-10-12(24)9-13(25)11-14/h6-7,9-11H,4-5,8H2,1-3H3,(H,27,31). The van der Waals surface area contributed by atoms with Crippen LogP contribution in [-0.2, 0) is 11.2 Å². The maximum absolute atomic E-state index is 14.4. The highest BCUT2D eigenvalue weighted by molar-refractivity contribution is 6.35. The molecule has 2 aromatic carbocycles. The number of hydrogen-bond acceptors (Lipinski definition) is 4. The van der Waals surface area contributed by atoms with Crippen LogP contribution in [0.1, 0.15) is 33.0 Å². The Balaban J connectivity index is 2.00. The molecule has 0 fully saturated rings. The van der Waals surface area contributed by atoms with E-state index in [1.165, 1.54) is 6.07 Å². The van der Waals surface area contributed by atoms with Crippen molar-refractivity contribution in [1.29, 1.82) is 0 Å². The van der Waals surface area contributed by atoms with E-state index in [0.717, 1.165) is 22.8 Å². The molecule has 0 radical (unpaired) electrons. The highest BCUT2D eigenvalue weighted by atomic mass is 35.5. The smallest absolute Gasteiger partial charge is 0.407 e. The van der Waals surface area contributed by atoms with Crippen LogP contribution in [0.25, 0.3) is 16.6 Å². The Labute approximate surface area is 187 Å². The summed E-state index contributed by atoms with van der Waals surface area (Å²) in [4.78, 5) is 29.2. The van der Waals surface area contributed by atoms with Crippen LogP contribution in [0.2, 0.25) is 5.02 Å². The molecule has 6 nitrogen and oxygen atoms in total. The highest BCUT2D eigenvalue weighted by Gasteiger charge is 2.19. The number of alkyl carbamates (subject to hydrolysis) is 1. The maximum Gasteiger partial charge on any atom is 0.407 e. The fourth-order valence-electron chi connectivity index (χ4n) is 3.12. The number of nitrogens with zero attached hydrogens (tertiary/aromatic N) is 2. The van der Waals surface area contributed by atoms with Gasteiger partial charge in [-0.05, 0) is 51.5 Å². The first-order valence-electron chi connectivity index (χ1n) is 9.79. The number of aryl methyl sites for hydroxylation is 1. The molecule has 0 unspecified atom stereocenters. The lowest BCUT2D eigenvalue weighted by atomic mass is 10.2. The molecule has 0 spiro atoms. The summed E-state index contributed by atoms with van der Waals surface area (Å²) >= 11 is 6.12. The molecule has 0 aliphatic heterocycles. The van der Waals surface area contributed by atoms with Gasteiger partial charge in [-0.1, -0.05) is 11.6 Å². The number of benzene rings is 2. The summed E-state index contributed by atoms with van der Waals surface area (Å²) in [6.07, 6.45) is -0.188. The van der Waals surface area contributed by atoms with Crippen molar-refractivity contribution in [3.63, 3.8) is 0 Å². The Kier molecular flexibility index (Phi) is 6.78. The highest BCUT2D eigenvalue weighted by Crippen LogP contribution is 2.24. The van der Waals surface area contributed by atoms with E-state index in [1.54, 1.807) is 20.8 Å². The van der Waals surface area contributed by atoms with E-state index in [-0.39, 0.29) is 35.0 Å². The van der Waals surface area contributed by atoms with E-state index in [4.69, 9.17) is 16.3 Å². The van der Waals surface area contributed by atoms with E-state index < -0.39 is 40.1 Å². The van der Waals surface area contributed by atoms with Crippen molar-refractivity contribution >= 4 is 28.6 Å². The van der Waals surface area contributed by atoms with Crippen molar-refractivity contribution in [3.05, 3.63) is 69.0 Å². The van der Waals surface area contributed by atoms with Crippen LogP contribution in [-0.4, -0.2) is 27.8 Å². The molecule has 3 rings (SSSR count). The third-order valence-electron chi connectivity index (χ3n) is 4.34. The van der Waals surface area contributed by atoms with Crippen molar-refractivity contribution in [2.24, 2.45) is 0 Å². The van der Waals surface area contributed by atoms with Crippen LogP contribution in [0, 0.1) is 17.5 Å². The Morgan fingerprint density at radius 3 is 2.44 bits per heavy atom. The topological polar surface area (TPSA) is 73.2 Å². The number of halogens is 4. The fraction of sp³-hybridized carbons (Fsp3) is 0.318. The molecule has 0 atom stereocenters. The van der Waals surface area contributed by atoms with E-state index in [1.807, 2.05) is 0 Å². The van der Waals surface area contributed by atoms with Gasteiger partial charge in [0.05, 0.1) is 16.2 Å². The van der Waals surface area contributed by atoms with Gasteiger partial charge in [-0.2, -0.15) is 0 Å². The number of hydrogen-bond donors (Lipinski definition) is 1. The van der Waals surface area contributed by atoms with Crippen molar-refractivity contribution in [1.82, 2.24) is 14.9 Å². The van der Waals surface area contributed by atoms with Gasteiger partial charge in [-0.15, -0.1) is 0 Å². The summed E-state index contributed by atoms with van der Waals surface area (Å²) in [6, 6.07) is 4.84. The molecule has 170 valence electrons. The van der Waals surface area contributed by atoms with Gasteiger partial charge in [-0.3, -0.25) is 9.36 Å². The van der Waals surface area contributed by atoms with Crippen LogP contribution in [0.4, 0.5) is 18.0 Å². The average molecular weight is 468 g/mol. The Morgan fingerprint density at radius 2 is 1.81 bits per heavy atom. The number of aromatic nitrogens is 2. The van der Waals surface area contributed by atoms with Crippen LogP contribution in [0.15, 0.2) is 35.1 Å². The van der Waals surface area contributed by atoms with Crippen LogP contribution < -0.4 is 10.9 Å². The largest absolute Gasteiger partial charge is 0.444 e. The van der Waals surface area contributed by atoms with Gasteiger partial charge in [0.15, 0.2) is 0 Å². The molecule has 1 aromatic heterocycles. The Morgan fingerprint density at radius 1 is 1.16 bits per heavy atom. The molecule has 0 bridgehead atoms. The number of nitrogens with one attached hydrogen (secondary N) is 1. The second kappa shape index (κ2) is 9.20. The Hall–Kier alpha value is -3.07. The lowest BCUT2D eigenvalue weighted by Gasteiger charge is -2.19. The maximum atomic E-state index is 14.4. The number of fused-ring (bicyclic) bond motifs is 1. The van der Waals surface area contributed by atoms with Gasteiger partial charge in [-0.25, -0.2) is 22.9 Å². The second-order valence-corrected chi connectivity index (χ2v) is 8.49. The summed E-state index contributed by atoms with van der Waals surface area (Å²) in [5, 5.41) is 2.25. The van der Waals surface area contributed by atoms with Crippen LogP contribution in [0.5, 0.6) is 0 Å².